The molecule has 164 valence electrons. The number of morpholine rings is 1. The summed E-state index contributed by atoms with van der Waals surface area (Å²) in [5, 5.41) is 14.7. The first-order valence-electron chi connectivity index (χ1n) is 10.2. The van der Waals surface area contributed by atoms with E-state index in [1.54, 1.807) is 13.1 Å². The Morgan fingerprint density at radius 1 is 1.43 bits per heavy atom. The van der Waals surface area contributed by atoms with E-state index in [2.05, 4.69) is 20.2 Å². The SMILES string of the molecule is CCOC(=O)C1=C(CN2CCO[C@H](CCCCC(=O)O)C2)NC(c2nccs2)=NC1. The Morgan fingerprint density at radius 3 is 3.03 bits per heavy atom. The number of carbonyl (C=O) groups excluding carboxylic acids is 1. The first-order chi connectivity index (χ1) is 14.6. The van der Waals surface area contributed by atoms with E-state index in [1.165, 1.54) is 11.3 Å². The molecule has 0 aromatic carbocycles. The summed E-state index contributed by atoms with van der Waals surface area (Å²) < 4.78 is 11.1. The third-order valence-corrected chi connectivity index (χ3v) is 5.74. The predicted molar refractivity (Wildman–Crippen MR) is 113 cm³/mol. The third kappa shape index (κ3) is 6.35. The first-order valence-corrected chi connectivity index (χ1v) is 11.1. The highest BCUT2D eigenvalue weighted by Gasteiger charge is 2.27. The summed E-state index contributed by atoms with van der Waals surface area (Å²) in [6, 6.07) is 0. The number of amidine groups is 1. The number of hydrogen-bond donors (Lipinski definition) is 2. The Kier molecular flexibility index (Phi) is 8.35. The largest absolute Gasteiger partial charge is 0.481 e. The van der Waals surface area contributed by atoms with Gasteiger partial charge in [-0.2, -0.15) is 0 Å². The zero-order valence-corrected chi connectivity index (χ0v) is 17.9. The van der Waals surface area contributed by atoms with Crippen LogP contribution in [-0.4, -0.2) is 78.3 Å². The van der Waals surface area contributed by atoms with Crippen molar-refractivity contribution in [1.29, 1.82) is 0 Å². The summed E-state index contributed by atoms with van der Waals surface area (Å²) in [5.74, 6) is -0.437. The number of rotatable bonds is 10. The number of hydrogen-bond acceptors (Lipinski definition) is 9. The second-order valence-corrected chi connectivity index (χ2v) is 8.07. The standard InChI is InChI=1S/C20H28N4O5S/c1-2-28-20(27)15-11-22-18(19-21-7-10-30-19)23-16(15)13-24-8-9-29-14(12-24)5-3-4-6-17(25)26/h7,10,14H,2-6,8-9,11-13H2,1H3,(H,22,23)(H,25,26)/t14-/m1/s1. The summed E-state index contributed by atoms with van der Waals surface area (Å²) in [4.78, 5) is 34.1. The molecule has 0 unspecified atom stereocenters. The molecule has 9 nitrogen and oxygen atoms in total. The van der Waals surface area contributed by atoms with Crippen LogP contribution in [0.2, 0.25) is 0 Å². The van der Waals surface area contributed by atoms with Crippen molar-refractivity contribution in [1.82, 2.24) is 15.2 Å². The quantitative estimate of drug-likeness (QED) is 0.421. The average molecular weight is 437 g/mol. The average Bonchev–Trinajstić information content (AvgIpc) is 3.26. The zero-order chi connectivity index (χ0) is 21.3. The van der Waals surface area contributed by atoms with Crippen molar-refractivity contribution < 1.29 is 24.2 Å². The van der Waals surface area contributed by atoms with Gasteiger partial charge in [-0.05, 0) is 19.8 Å². The summed E-state index contributed by atoms with van der Waals surface area (Å²) in [6.45, 7) is 5.03. The zero-order valence-electron chi connectivity index (χ0n) is 17.1. The van der Waals surface area contributed by atoms with Crippen LogP contribution in [-0.2, 0) is 19.1 Å². The molecule has 2 aliphatic rings. The number of esters is 1. The van der Waals surface area contributed by atoms with Crippen molar-refractivity contribution in [3.05, 3.63) is 27.9 Å². The molecule has 0 saturated carbocycles. The smallest absolute Gasteiger partial charge is 0.337 e. The number of aromatic nitrogens is 1. The molecule has 1 aromatic rings. The highest BCUT2D eigenvalue weighted by molar-refractivity contribution is 7.11. The van der Waals surface area contributed by atoms with E-state index < -0.39 is 5.97 Å². The van der Waals surface area contributed by atoms with Crippen molar-refractivity contribution in [2.24, 2.45) is 4.99 Å². The number of nitrogens with one attached hydrogen (secondary N) is 1. The summed E-state index contributed by atoms with van der Waals surface area (Å²) in [5.41, 5.74) is 1.34. The van der Waals surface area contributed by atoms with Gasteiger partial charge in [0.25, 0.3) is 0 Å². The van der Waals surface area contributed by atoms with Crippen molar-refractivity contribution in [3.63, 3.8) is 0 Å². The Morgan fingerprint density at radius 2 is 2.30 bits per heavy atom. The number of aliphatic carboxylic acids is 1. The predicted octanol–water partition coefficient (Wildman–Crippen LogP) is 1.66. The second kappa shape index (κ2) is 11.2. The maximum Gasteiger partial charge on any atom is 0.337 e. The van der Waals surface area contributed by atoms with Gasteiger partial charge in [0.15, 0.2) is 10.8 Å². The lowest BCUT2D eigenvalue weighted by molar-refractivity contribution is -0.139. The molecule has 0 amide bonds. The number of thiazole rings is 1. The number of unbranched alkanes of at least 4 members (excludes halogenated alkanes) is 1. The molecular weight excluding hydrogens is 408 g/mol. The van der Waals surface area contributed by atoms with E-state index in [9.17, 15) is 9.59 Å². The second-order valence-electron chi connectivity index (χ2n) is 7.17. The van der Waals surface area contributed by atoms with Gasteiger partial charge in [-0.1, -0.05) is 6.42 Å². The van der Waals surface area contributed by atoms with Crippen LogP contribution in [0.15, 0.2) is 27.8 Å². The Hall–Kier alpha value is -2.30. The summed E-state index contributed by atoms with van der Waals surface area (Å²) in [7, 11) is 0. The van der Waals surface area contributed by atoms with Crippen LogP contribution in [0.3, 0.4) is 0 Å². The molecule has 2 aliphatic heterocycles. The van der Waals surface area contributed by atoms with E-state index in [0.717, 1.165) is 36.6 Å². The van der Waals surface area contributed by atoms with Gasteiger partial charge in [-0.25, -0.2) is 9.78 Å². The van der Waals surface area contributed by atoms with Gasteiger partial charge in [0.1, 0.15) is 0 Å². The van der Waals surface area contributed by atoms with E-state index >= 15 is 0 Å². The number of carbonyl (C=O) groups is 2. The van der Waals surface area contributed by atoms with Crippen molar-refractivity contribution in [3.8, 4) is 0 Å². The molecule has 10 heteroatoms. The number of carboxylic acids is 1. The van der Waals surface area contributed by atoms with Crippen LogP contribution < -0.4 is 5.32 Å². The normalized spacial score (nSPS) is 19.9. The third-order valence-electron chi connectivity index (χ3n) is 4.96. The number of carboxylic acid groups (broad SMARTS) is 1. The lowest BCUT2D eigenvalue weighted by atomic mass is 10.1. The molecule has 1 fully saturated rings. The van der Waals surface area contributed by atoms with E-state index in [-0.39, 0.29) is 25.0 Å². The molecule has 2 N–H and O–H groups in total. The molecule has 0 bridgehead atoms. The lowest BCUT2D eigenvalue weighted by Crippen LogP contribution is -2.46. The van der Waals surface area contributed by atoms with Crippen LogP contribution in [0.4, 0.5) is 0 Å². The van der Waals surface area contributed by atoms with Crippen LogP contribution in [0.1, 0.15) is 37.6 Å². The minimum Gasteiger partial charge on any atom is -0.481 e. The molecule has 0 aliphatic carbocycles. The van der Waals surface area contributed by atoms with Gasteiger partial charge in [-0.3, -0.25) is 14.7 Å². The van der Waals surface area contributed by atoms with Crippen LogP contribution in [0.5, 0.6) is 0 Å². The van der Waals surface area contributed by atoms with Crippen LogP contribution in [0.25, 0.3) is 0 Å². The molecular formula is C20H28N4O5S. The molecule has 3 heterocycles. The Balaban J connectivity index is 1.62. The molecule has 1 aromatic heterocycles. The molecule has 1 atom stereocenters. The van der Waals surface area contributed by atoms with E-state index in [1.807, 2.05) is 5.38 Å². The number of ether oxygens (including phenoxy) is 2. The van der Waals surface area contributed by atoms with Gasteiger partial charge in [0, 0.05) is 43.3 Å². The molecule has 0 spiro atoms. The van der Waals surface area contributed by atoms with Gasteiger partial charge < -0.3 is 19.9 Å². The Bertz CT molecular complexity index is 793. The minimum atomic E-state index is -0.763. The van der Waals surface area contributed by atoms with Crippen molar-refractivity contribution >= 4 is 29.1 Å². The van der Waals surface area contributed by atoms with Crippen LogP contribution in [0, 0.1) is 0 Å². The highest BCUT2D eigenvalue weighted by Crippen LogP contribution is 2.18. The number of aliphatic imine (C=N–C) groups is 1. The fraction of sp³-hybridized carbons (Fsp3) is 0.600. The molecule has 3 rings (SSSR count). The van der Waals surface area contributed by atoms with Crippen LogP contribution >= 0.6 is 11.3 Å². The topological polar surface area (TPSA) is 113 Å². The lowest BCUT2D eigenvalue weighted by Gasteiger charge is -2.34. The first kappa shape index (κ1) is 22.4. The summed E-state index contributed by atoms with van der Waals surface area (Å²) >= 11 is 1.49. The highest BCUT2D eigenvalue weighted by atomic mass is 32.1. The summed E-state index contributed by atoms with van der Waals surface area (Å²) in [6.07, 6.45) is 4.28. The van der Waals surface area contributed by atoms with Gasteiger partial charge in [-0.15, -0.1) is 11.3 Å². The van der Waals surface area contributed by atoms with E-state index in [0.29, 0.717) is 37.6 Å². The van der Waals surface area contributed by atoms with Gasteiger partial charge in [0.05, 0.1) is 31.4 Å². The monoisotopic (exact) mass is 436 g/mol. The molecule has 1 saturated heterocycles. The molecule has 0 radical (unpaired) electrons. The Labute approximate surface area is 179 Å². The minimum absolute atomic E-state index is 0.0647. The maximum absolute atomic E-state index is 12.4. The van der Waals surface area contributed by atoms with E-state index in [4.69, 9.17) is 14.6 Å². The maximum atomic E-state index is 12.4. The number of nitrogens with zero attached hydrogens (tertiary/aromatic N) is 3. The molecule has 30 heavy (non-hydrogen) atoms. The van der Waals surface area contributed by atoms with Crippen molar-refractivity contribution in [2.45, 2.75) is 38.7 Å². The van der Waals surface area contributed by atoms with Crippen molar-refractivity contribution in [2.75, 3.05) is 39.4 Å². The van der Waals surface area contributed by atoms with Gasteiger partial charge >= 0.3 is 11.9 Å². The fourth-order valence-electron chi connectivity index (χ4n) is 3.48. The fourth-order valence-corrected chi connectivity index (χ4v) is 4.08. The van der Waals surface area contributed by atoms with Gasteiger partial charge in [0.2, 0.25) is 0 Å².